The number of esters is 2. The third kappa shape index (κ3) is 1.73. The Morgan fingerprint density at radius 3 is 2.32 bits per heavy atom. The van der Waals surface area contributed by atoms with Crippen molar-refractivity contribution in [3.63, 3.8) is 0 Å². The average molecular weight is 264 g/mol. The predicted octanol–water partition coefficient (Wildman–Crippen LogP) is 2.25. The Kier molecular flexibility index (Phi) is 3.29. The summed E-state index contributed by atoms with van der Waals surface area (Å²) >= 11 is 0. The van der Waals surface area contributed by atoms with E-state index in [1.807, 2.05) is 12.2 Å². The molecule has 4 heteroatoms. The maximum atomic E-state index is 12.2. The fourth-order valence-corrected chi connectivity index (χ4v) is 3.50. The molecule has 2 aliphatic rings. The van der Waals surface area contributed by atoms with Gasteiger partial charge in [0.1, 0.15) is 5.60 Å². The van der Waals surface area contributed by atoms with E-state index in [2.05, 4.69) is 13.2 Å². The smallest absolute Gasteiger partial charge is 0.323 e. The summed E-state index contributed by atoms with van der Waals surface area (Å²) in [6.07, 6.45) is 5.76. The molecular weight excluding hydrogens is 244 g/mol. The van der Waals surface area contributed by atoms with E-state index in [1.54, 1.807) is 6.92 Å². The van der Waals surface area contributed by atoms with Gasteiger partial charge in [-0.2, -0.15) is 0 Å². The van der Waals surface area contributed by atoms with Crippen LogP contribution in [0.3, 0.4) is 0 Å². The van der Waals surface area contributed by atoms with Crippen LogP contribution in [0.25, 0.3) is 0 Å². The zero-order valence-electron chi connectivity index (χ0n) is 11.5. The normalized spacial score (nSPS) is 36.0. The van der Waals surface area contributed by atoms with Crippen molar-refractivity contribution < 1.29 is 19.1 Å². The average Bonchev–Trinajstić information content (AvgIpc) is 2.87. The minimum atomic E-state index is -1.22. The van der Waals surface area contributed by atoms with Gasteiger partial charge in [0.15, 0.2) is 5.41 Å². The van der Waals surface area contributed by atoms with E-state index >= 15 is 0 Å². The molecule has 1 heterocycles. The van der Waals surface area contributed by atoms with Crippen LogP contribution in [0.5, 0.6) is 0 Å². The van der Waals surface area contributed by atoms with E-state index < -0.39 is 23.0 Å². The quantitative estimate of drug-likeness (QED) is 0.445. The highest BCUT2D eigenvalue weighted by Gasteiger charge is 2.65. The summed E-state index contributed by atoms with van der Waals surface area (Å²) in [7, 11) is 1.29. The van der Waals surface area contributed by atoms with Gasteiger partial charge in [0.05, 0.1) is 7.11 Å². The monoisotopic (exact) mass is 264 g/mol. The van der Waals surface area contributed by atoms with E-state index in [1.165, 1.54) is 7.11 Å². The van der Waals surface area contributed by atoms with Gasteiger partial charge in [-0.15, -0.1) is 13.2 Å². The molecule has 1 aliphatic carbocycles. The molecule has 0 radical (unpaired) electrons. The van der Waals surface area contributed by atoms with Crippen molar-refractivity contribution in [3.05, 3.63) is 25.3 Å². The molecule has 2 rings (SSSR count). The van der Waals surface area contributed by atoms with Gasteiger partial charge in [-0.1, -0.05) is 12.2 Å². The first-order valence-electron chi connectivity index (χ1n) is 6.51. The largest absolute Gasteiger partial charge is 0.468 e. The fraction of sp³-hybridized carbons (Fsp3) is 0.600. The third-order valence-corrected chi connectivity index (χ3v) is 4.61. The van der Waals surface area contributed by atoms with Gasteiger partial charge in [0, 0.05) is 18.3 Å². The molecule has 1 aliphatic heterocycles. The lowest BCUT2D eigenvalue weighted by Gasteiger charge is -2.32. The first-order chi connectivity index (χ1) is 8.94. The van der Waals surface area contributed by atoms with E-state index in [4.69, 9.17) is 9.47 Å². The Balaban J connectivity index is 2.41. The summed E-state index contributed by atoms with van der Waals surface area (Å²) in [4.78, 5) is 24.1. The zero-order valence-corrected chi connectivity index (χ0v) is 11.5. The highest BCUT2D eigenvalue weighted by molar-refractivity contribution is 6.01. The molecule has 0 aromatic carbocycles. The third-order valence-electron chi connectivity index (χ3n) is 4.61. The summed E-state index contributed by atoms with van der Waals surface area (Å²) in [6, 6.07) is 0. The lowest BCUT2D eigenvalue weighted by Crippen LogP contribution is -2.39. The van der Waals surface area contributed by atoms with Crippen LogP contribution in [-0.4, -0.2) is 24.6 Å². The molecule has 0 N–H and O–H groups in total. The number of carbonyl (C=O) groups is 2. The predicted molar refractivity (Wildman–Crippen MR) is 70.2 cm³/mol. The van der Waals surface area contributed by atoms with Crippen LogP contribution in [0.2, 0.25) is 0 Å². The van der Waals surface area contributed by atoms with Gasteiger partial charge in [-0.05, 0) is 19.8 Å². The molecule has 0 unspecified atom stereocenters. The number of hydrogen-bond donors (Lipinski definition) is 0. The van der Waals surface area contributed by atoms with E-state index in [9.17, 15) is 9.59 Å². The summed E-state index contributed by atoms with van der Waals surface area (Å²) in [5.41, 5.74) is -1.90. The standard InChI is InChI=1S/C15H20O4/c1-5-10-7-8-11(6-2)15(10)9-14(3,12(16)18-4)13(17)19-15/h5-6,10-11H,1-2,7-9H2,3-4H3/t10-,11-,14+/m0/s1. The minimum Gasteiger partial charge on any atom is -0.468 e. The molecule has 0 aromatic heterocycles. The zero-order chi connectivity index (χ0) is 14.3. The van der Waals surface area contributed by atoms with Crippen molar-refractivity contribution >= 4 is 11.9 Å². The molecule has 2 fully saturated rings. The molecular formula is C15H20O4. The van der Waals surface area contributed by atoms with Gasteiger partial charge < -0.3 is 9.47 Å². The van der Waals surface area contributed by atoms with Crippen LogP contribution in [0.4, 0.5) is 0 Å². The van der Waals surface area contributed by atoms with Crippen molar-refractivity contribution in [3.8, 4) is 0 Å². The van der Waals surface area contributed by atoms with Crippen LogP contribution in [0, 0.1) is 17.3 Å². The molecule has 0 aromatic rings. The number of ether oxygens (including phenoxy) is 2. The van der Waals surface area contributed by atoms with Gasteiger partial charge in [-0.25, -0.2) is 0 Å². The van der Waals surface area contributed by atoms with E-state index in [-0.39, 0.29) is 11.8 Å². The van der Waals surface area contributed by atoms with Crippen LogP contribution >= 0.6 is 0 Å². The molecule has 4 nitrogen and oxygen atoms in total. The molecule has 1 saturated carbocycles. The van der Waals surface area contributed by atoms with E-state index in [0.29, 0.717) is 6.42 Å². The first kappa shape index (κ1) is 13.8. The van der Waals surface area contributed by atoms with Gasteiger partial charge in [0.25, 0.3) is 0 Å². The second-order valence-electron chi connectivity index (χ2n) is 5.61. The highest BCUT2D eigenvalue weighted by atomic mass is 16.6. The van der Waals surface area contributed by atoms with Crippen molar-refractivity contribution in [2.45, 2.75) is 31.8 Å². The Morgan fingerprint density at radius 1 is 1.37 bits per heavy atom. The summed E-state index contributed by atoms with van der Waals surface area (Å²) in [6.45, 7) is 9.24. The Hall–Kier alpha value is -1.58. The second kappa shape index (κ2) is 4.51. The molecule has 1 saturated heterocycles. The Labute approximate surface area is 113 Å². The minimum absolute atomic E-state index is 0.0610. The number of rotatable bonds is 3. The highest BCUT2D eigenvalue weighted by Crippen LogP contribution is 2.55. The maximum Gasteiger partial charge on any atom is 0.323 e. The fourth-order valence-electron chi connectivity index (χ4n) is 3.50. The van der Waals surface area contributed by atoms with Gasteiger partial charge in [-0.3, -0.25) is 9.59 Å². The van der Waals surface area contributed by atoms with Gasteiger partial charge in [0.2, 0.25) is 0 Å². The lowest BCUT2D eigenvalue weighted by molar-refractivity contribution is -0.164. The lowest BCUT2D eigenvalue weighted by atomic mass is 9.74. The van der Waals surface area contributed by atoms with Crippen molar-refractivity contribution in [2.75, 3.05) is 7.11 Å². The molecule has 3 atom stereocenters. The molecule has 0 amide bonds. The molecule has 104 valence electrons. The Bertz CT molecular complexity index is 423. The Morgan fingerprint density at radius 2 is 1.89 bits per heavy atom. The molecule has 1 spiro atoms. The van der Waals surface area contributed by atoms with Crippen molar-refractivity contribution in [1.29, 1.82) is 0 Å². The van der Waals surface area contributed by atoms with Crippen LogP contribution < -0.4 is 0 Å². The number of carbonyl (C=O) groups excluding carboxylic acids is 2. The van der Waals surface area contributed by atoms with Crippen LogP contribution in [-0.2, 0) is 19.1 Å². The van der Waals surface area contributed by atoms with Gasteiger partial charge >= 0.3 is 11.9 Å². The summed E-state index contributed by atoms with van der Waals surface area (Å²) in [5, 5.41) is 0. The van der Waals surface area contributed by atoms with Crippen molar-refractivity contribution in [2.24, 2.45) is 17.3 Å². The number of methoxy groups -OCH3 is 1. The topological polar surface area (TPSA) is 52.6 Å². The summed E-state index contributed by atoms with van der Waals surface area (Å²) < 4.78 is 10.4. The molecule has 0 bridgehead atoms. The second-order valence-corrected chi connectivity index (χ2v) is 5.61. The van der Waals surface area contributed by atoms with Crippen LogP contribution in [0.15, 0.2) is 25.3 Å². The summed E-state index contributed by atoms with van der Waals surface area (Å²) in [5.74, 6) is -0.913. The maximum absolute atomic E-state index is 12.2. The van der Waals surface area contributed by atoms with E-state index in [0.717, 1.165) is 12.8 Å². The van der Waals surface area contributed by atoms with Crippen LogP contribution in [0.1, 0.15) is 26.2 Å². The molecule has 19 heavy (non-hydrogen) atoms. The number of hydrogen-bond acceptors (Lipinski definition) is 4. The SMILES string of the molecule is C=C[C@H]1CC[C@H](C=C)C12C[C@](C)(C(=O)OC)C(=O)O2. The first-order valence-corrected chi connectivity index (χ1v) is 6.51. The van der Waals surface area contributed by atoms with Crippen molar-refractivity contribution in [1.82, 2.24) is 0 Å².